The first-order valence-electron chi connectivity index (χ1n) is 4.02. The van der Waals surface area contributed by atoms with Crippen molar-refractivity contribution < 1.29 is 4.79 Å². The van der Waals surface area contributed by atoms with E-state index in [0.717, 1.165) is 5.75 Å². The van der Waals surface area contributed by atoms with Crippen LogP contribution < -0.4 is 11.1 Å². The molecule has 0 aliphatic heterocycles. The van der Waals surface area contributed by atoms with Gasteiger partial charge in [0.15, 0.2) is 0 Å². The molecule has 12 heavy (non-hydrogen) atoms. The molecule has 4 heteroatoms. The second-order valence-corrected chi connectivity index (χ2v) is 4.36. The van der Waals surface area contributed by atoms with E-state index in [1.54, 1.807) is 11.8 Å². The molecule has 0 heterocycles. The lowest BCUT2D eigenvalue weighted by atomic mass is 10.1. The van der Waals surface area contributed by atoms with Crippen LogP contribution in [0.25, 0.3) is 0 Å². The van der Waals surface area contributed by atoms with Crippen molar-refractivity contribution in [3.63, 3.8) is 0 Å². The highest BCUT2D eigenvalue weighted by atomic mass is 32.2. The fourth-order valence-electron chi connectivity index (χ4n) is 0.686. The Morgan fingerprint density at radius 1 is 1.58 bits per heavy atom. The first-order valence-corrected chi connectivity index (χ1v) is 5.41. The van der Waals surface area contributed by atoms with Crippen LogP contribution in [0.3, 0.4) is 0 Å². The van der Waals surface area contributed by atoms with E-state index in [2.05, 4.69) is 5.32 Å². The number of carbonyl (C=O) groups is 1. The van der Waals surface area contributed by atoms with Gasteiger partial charge in [0, 0.05) is 24.3 Å². The van der Waals surface area contributed by atoms with Gasteiger partial charge < -0.3 is 11.1 Å². The van der Waals surface area contributed by atoms with Crippen LogP contribution in [-0.4, -0.2) is 30.0 Å². The summed E-state index contributed by atoms with van der Waals surface area (Å²) in [7, 11) is 0. The average molecular weight is 190 g/mol. The van der Waals surface area contributed by atoms with Crippen LogP contribution in [0.4, 0.5) is 0 Å². The molecule has 0 unspecified atom stereocenters. The van der Waals surface area contributed by atoms with Gasteiger partial charge in [-0.25, -0.2) is 0 Å². The fraction of sp³-hybridized carbons (Fsp3) is 0.875. The molecule has 0 saturated heterocycles. The van der Waals surface area contributed by atoms with Gasteiger partial charge in [-0.15, -0.1) is 0 Å². The Hall–Kier alpha value is -0.220. The van der Waals surface area contributed by atoms with Gasteiger partial charge in [0.1, 0.15) is 0 Å². The topological polar surface area (TPSA) is 55.1 Å². The zero-order chi connectivity index (χ0) is 9.61. The summed E-state index contributed by atoms with van der Waals surface area (Å²) < 4.78 is 0. The molecule has 1 amide bonds. The maximum atomic E-state index is 11.2. The van der Waals surface area contributed by atoms with Crippen molar-refractivity contribution in [2.24, 2.45) is 5.73 Å². The number of nitrogens with one attached hydrogen (secondary N) is 1. The highest BCUT2D eigenvalue weighted by Crippen LogP contribution is 2.01. The van der Waals surface area contributed by atoms with E-state index in [-0.39, 0.29) is 11.4 Å². The average Bonchev–Trinajstić information content (AvgIpc) is 2.00. The quantitative estimate of drug-likeness (QED) is 0.667. The van der Waals surface area contributed by atoms with Crippen molar-refractivity contribution in [1.29, 1.82) is 0 Å². The lowest BCUT2D eigenvalue weighted by molar-refractivity contribution is -0.122. The number of rotatable bonds is 5. The van der Waals surface area contributed by atoms with Gasteiger partial charge in [0.2, 0.25) is 5.91 Å². The van der Waals surface area contributed by atoms with Crippen molar-refractivity contribution in [3.05, 3.63) is 0 Å². The van der Waals surface area contributed by atoms with E-state index in [1.807, 2.05) is 20.1 Å². The van der Waals surface area contributed by atoms with Crippen LogP contribution in [0.1, 0.15) is 20.3 Å². The highest BCUT2D eigenvalue weighted by Gasteiger charge is 2.17. The van der Waals surface area contributed by atoms with Crippen LogP contribution >= 0.6 is 11.8 Å². The summed E-state index contributed by atoms with van der Waals surface area (Å²) in [5, 5.41) is 2.86. The smallest absolute Gasteiger partial charge is 0.221 e. The summed E-state index contributed by atoms with van der Waals surface area (Å²) in [5.74, 6) is 0.951. The number of nitrogens with two attached hydrogens (primary N) is 1. The van der Waals surface area contributed by atoms with E-state index >= 15 is 0 Å². The molecule has 0 aromatic heterocycles. The Bertz CT molecular complexity index is 148. The molecule has 0 aliphatic carbocycles. The molecule has 0 bridgehead atoms. The van der Waals surface area contributed by atoms with E-state index < -0.39 is 0 Å². The summed E-state index contributed by atoms with van der Waals surface area (Å²) in [6.07, 6.45) is 2.56. The normalized spacial score (nSPS) is 11.3. The summed E-state index contributed by atoms with van der Waals surface area (Å²) in [4.78, 5) is 11.2. The van der Waals surface area contributed by atoms with Crippen LogP contribution in [0.15, 0.2) is 0 Å². The minimum atomic E-state index is -0.268. The maximum Gasteiger partial charge on any atom is 0.221 e. The van der Waals surface area contributed by atoms with Crippen molar-refractivity contribution in [2.75, 3.05) is 18.6 Å². The molecular weight excluding hydrogens is 172 g/mol. The maximum absolute atomic E-state index is 11.2. The van der Waals surface area contributed by atoms with Gasteiger partial charge in [0.25, 0.3) is 0 Å². The minimum absolute atomic E-state index is 0.0831. The molecule has 72 valence electrons. The van der Waals surface area contributed by atoms with Gasteiger partial charge in [-0.3, -0.25) is 4.79 Å². The van der Waals surface area contributed by atoms with Crippen LogP contribution in [0.2, 0.25) is 0 Å². The second kappa shape index (κ2) is 5.43. The van der Waals surface area contributed by atoms with E-state index in [4.69, 9.17) is 5.73 Å². The molecule has 0 atom stereocenters. The highest BCUT2D eigenvalue weighted by molar-refractivity contribution is 7.98. The van der Waals surface area contributed by atoms with Crippen molar-refractivity contribution in [3.8, 4) is 0 Å². The standard InChI is InChI=1S/C8H18N2OS/c1-8(2,6-9)10-7(11)4-5-12-3/h4-6,9H2,1-3H3,(H,10,11). The van der Waals surface area contributed by atoms with Crippen LogP contribution in [0.5, 0.6) is 0 Å². The predicted molar refractivity (Wildman–Crippen MR) is 54.3 cm³/mol. The number of amides is 1. The molecular formula is C8H18N2OS. The summed E-state index contributed by atoms with van der Waals surface area (Å²) in [5.41, 5.74) is 5.19. The third-order valence-corrected chi connectivity index (χ3v) is 2.13. The molecule has 0 aromatic rings. The molecule has 3 N–H and O–H groups in total. The van der Waals surface area contributed by atoms with Gasteiger partial charge in [-0.05, 0) is 20.1 Å². The first kappa shape index (κ1) is 11.8. The zero-order valence-corrected chi connectivity index (χ0v) is 8.83. The van der Waals surface area contributed by atoms with Crippen LogP contribution in [0, 0.1) is 0 Å². The Morgan fingerprint density at radius 2 is 2.17 bits per heavy atom. The van der Waals surface area contributed by atoms with Crippen LogP contribution in [-0.2, 0) is 4.79 Å². The van der Waals surface area contributed by atoms with Crippen molar-refractivity contribution >= 4 is 17.7 Å². The Balaban J connectivity index is 3.68. The first-order chi connectivity index (χ1) is 5.52. The lowest BCUT2D eigenvalue weighted by Crippen LogP contribution is -2.48. The molecule has 0 spiro atoms. The lowest BCUT2D eigenvalue weighted by Gasteiger charge is -2.23. The molecule has 0 saturated carbocycles. The predicted octanol–water partition coefficient (Wildman–Crippen LogP) is 0.593. The number of thioether (sulfide) groups is 1. The molecule has 0 aliphatic rings. The third kappa shape index (κ3) is 5.43. The Kier molecular flexibility index (Phi) is 5.33. The van der Waals surface area contributed by atoms with Gasteiger partial charge >= 0.3 is 0 Å². The second-order valence-electron chi connectivity index (χ2n) is 3.38. The van der Waals surface area contributed by atoms with Gasteiger partial charge in [-0.1, -0.05) is 0 Å². The summed E-state index contributed by atoms with van der Waals surface area (Å²) in [6.45, 7) is 4.31. The minimum Gasteiger partial charge on any atom is -0.350 e. The van der Waals surface area contributed by atoms with E-state index in [1.165, 1.54) is 0 Å². The Labute approximate surface area is 78.5 Å². The monoisotopic (exact) mass is 190 g/mol. The summed E-state index contributed by atoms with van der Waals surface area (Å²) >= 11 is 1.67. The Morgan fingerprint density at radius 3 is 2.58 bits per heavy atom. The van der Waals surface area contributed by atoms with E-state index in [0.29, 0.717) is 13.0 Å². The molecule has 0 radical (unpaired) electrons. The fourth-order valence-corrected chi connectivity index (χ4v) is 1.08. The van der Waals surface area contributed by atoms with E-state index in [9.17, 15) is 4.79 Å². The SMILES string of the molecule is CSCCC(=O)NC(C)(C)CN. The largest absolute Gasteiger partial charge is 0.350 e. The molecule has 3 nitrogen and oxygen atoms in total. The molecule has 0 aromatic carbocycles. The van der Waals surface area contributed by atoms with Crippen molar-refractivity contribution in [1.82, 2.24) is 5.32 Å². The molecule has 0 rings (SSSR count). The van der Waals surface area contributed by atoms with Crippen molar-refractivity contribution in [2.45, 2.75) is 25.8 Å². The number of hydrogen-bond donors (Lipinski definition) is 2. The van der Waals surface area contributed by atoms with Gasteiger partial charge in [-0.2, -0.15) is 11.8 Å². The number of carbonyl (C=O) groups excluding carboxylic acids is 1. The number of hydrogen-bond acceptors (Lipinski definition) is 3. The third-order valence-electron chi connectivity index (χ3n) is 1.52. The molecule has 0 fully saturated rings. The summed E-state index contributed by atoms with van der Waals surface area (Å²) in [6, 6.07) is 0. The zero-order valence-electron chi connectivity index (χ0n) is 8.02. The van der Waals surface area contributed by atoms with Gasteiger partial charge in [0.05, 0.1) is 0 Å².